The number of phosphoric acid groups is 2. The molecule has 0 aliphatic carbocycles. The summed E-state index contributed by atoms with van der Waals surface area (Å²) >= 11 is 0. The lowest BCUT2D eigenvalue weighted by Gasteiger charge is -2.21. The van der Waals surface area contributed by atoms with Gasteiger partial charge in [-0.1, -0.05) is 294 Å². The van der Waals surface area contributed by atoms with Crippen molar-refractivity contribution in [2.45, 2.75) is 309 Å². The molecule has 5 atom stereocenters. The van der Waals surface area contributed by atoms with Crippen LogP contribution in [0, 0.1) is 0 Å². The van der Waals surface area contributed by atoms with Gasteiger partial charge in [0.05, 0.1) is 26.4 Å². The maximum absolute atomic E-state index is 13.0. The number of rotatable bonds is 73. The van der Waals surface area contributed by atoms with E-state index < -0.39 is 91.5 Å². The van der Waals surface area contributed by atoms with Crippen LogP contribution in [0.25, 0.3) is 0 Å². The van der Waals surface area contributed by atoms with E-state index in [1.165, 1.54) is 32.1 Å². The normalized spacial score (nSPS) is 14.9. The highest BCUT2D eigenvalue weighted by molar-refractivity contribution is 7.47. The molecule has 0 spiro atoms. The predicted molar refractivity (Wildman–Crippen MR) is 426 cm³/mol. The zero-order valence-corrected chi connectivity index (χ0v) is 65.7. The van der Waals surface area contributed by atoms with E-state index in [1.807, 2.05) is 0 Å². The van der Waals surface area contributed by atoms with Crippen molar-refractivity contribution < 1.29 is 75.8 Å². The molecule has 0 aromatic rings. The van der Waals surface area contributed by atoms with E-state index in [1.54, 1.807) is 0 Å². The van der Waals surface area contributed by atoms with Crippen molar-refractivity contribution in [3.05, 3.63) is 170 Å². The van der Waals surface area contributed by atoms with Gasteiger partial charge >= 0.3 is 33.6 Å². The molecule has 0 aliphatic heterocycles. The van der Waals surface area contributed by atoms with Crippen LogP contribution in [0.3, 0.4) is 0 Å². The lowest BCUT2D eigenvalue weighted by molar-refractivity contribution is -0.161. The van der Waals surface area contributed by atoms with Gasteiger partial charge in [-0.2, -0.15) is 0 Å². The van der Waals surface area contributed by atoms with E-state index in [4.69, 9.17) is 32.3 Å². The smallest absolute Gasteiger partial charge is 0.463 e. The summed E-state index contributed by atoms with van der Waals surface area (Å²) in [6, 6.07) is 0. The van der Waals surface area contributed by atoms with Gasteiger partial charge in [0, 0.05) is 19.3 Å². The monoisotopic (exact) mass is 1480 g/mol. The maximum Gasteiger partial charge on any atom is 0.472 e. The van der Waals surface area contributed by atoms with Crippen molar-refractivity contribution in [1.29, 1.82) is 0 Å². The second-order valence-corrected chi connectivity index (χ2v) is 28.6. The van der Waals surface area contributed by atoms with Crippen LogP contribution in [0.1, 0.15) is 290 Å². The molecule has 5 unspecified atom stereocenters. The number of allylic oxidation sites excluding steroid dienone is 28. The Labute approximate surface area is 624 Å². The van der Waals surface area contributed by atoms with Gasteiger partial charge in [0.15, 0.2) is 6.10 Å². The number of aliphatic hydroxyl groups is 2. The average molecular weight is 1480 g/mol. The van der Waals surface area contributed by atoms with Crippen LogP contribution in [0.5, 0.6) is 0 Å². The molecule has 18 heteroatoms. The zero-order valence-electron chi connectivity index (χ0n) is 63.9. The lowest BCUT2D eigenvalue weighted by atomic mass is 10.1. The molecule has 16 nitrogen and oxygen atoms in total. The van der Waals surface area contributed by atoms with E-state index in [0.717, 1.165) is 199 Å². The fraction of sp³-hybridized carbons (Fsp3) is 0.635. The zero-order chi connectivity index (χ0) is 75.2. The van der Waals surface area contributed by atoms with Crippen molar-refractivity contribution in [1.82, 2.24) is 0 Å². The molecular weight excluding hydrogens is 1340 g/mol. The number of ether oxygens (including phenoxy) is 3. The first-order chi connectivity index (χ1) is 50.2. The second-order valence-electron chi connectivity index (χ2n) is 25.7. The highest BCUT2D eigenvalue weighted by atomic mass is 31.2. The van der Waals surface area contributed by atoms with Gasteiger partial charge in [-0.25, -0.2) is 9.13 Å². The number of carbonyl (C=O) groups excluding carboxylic acids is 3. The molecule has 0 amide bonds. The first kappa shape index (κ1) is 97.9. The molecule has 0 aromatic carbocycles. The van der Waals surface area contributed by atoms with Crippen LogP contribution >= 0.6 is 15.6 Å². The third kappa shape index (κ3) is 77.8. The fourth-order valence-electron chi connectivity index (χ4n) is 10.0. The van der Waals surface area contributed by atoms with Gasteiger partial charge in [0.1, 0.15) is 25.4 Å². The Morgan fingerprint density at radius 2 is 0.485 bits per heavy atom. The summed E-state index contributed by atoms with van der Waals surface area (Å²) in [4.78, 5) is 58.7. The minimum Gasteiger partial charge on any atom is -0.463 e. The first-order valence-corrected chi connectivity index (χ1v) is 42.4. The molecule has 586 valence electrons. The number of phosphoric ester groups is 2. The van der Waals surface area contributed by atoms with E-state index in [2.05, 4.69) is 191 Å². The van der Waals surface area contributed by atoms with Crippen LogP contribution in [0.4, 0.5) is 0 Å². The fourth-order valence-corrected chi connectivity index (χ4v) is 11.6. The molecular formula is C85H140O16P2. The van der Waals surface area contributed by atoms with Gasteiger partial charge in [-0.15, -0.1) is 0 Å². The minimum absolute atomic E-state index is 0.0831. The highest BCUT2D eigenvalue weighted by Gasteiger charge is 2.29. The molecule has 0 saturated heterocycles. The van der Waals surface area contributed by atoms with Crippen molar-refractivity contribution in [2.24, 2.45) is 0 Å². The summed E-state index contributed by atoms with van der Waals surface area (Å²) in [6.07, 6.45) is 96.8. The molecule has 0 bridgehead atoms. The lowest BCUT2D eigenvalue weighted by Crippen LogP contribution is -2.30. The molecule has 0 heterocycles. The summed E-state index contributed by atoms with van der Waals surface area (Å²) in [5.74, 6) is -1.62. The molecule has 0 radical (unpaired) electrons. The Balaban J connectivity index is 4.61. The van der Waals surface area contributed by atoms with Crippen LogP contribution in [0.15, 0.2) is 170 Å². The largest absolute Gasteiger partial charge is 0.472 e. The van der Waals surface area contributed by atoms with Crippen LogP contribution in [-0.2, 0) is 55.8 Å². The van der Waals surface area contributed by atoms with Crippen LogP contribution in [-0.4, -0.2) is 95.9 Å². The summed E-state index contributed by atoms with van der Waals surface area (Å²) in [5, 5.41) is 20.6. The Morgan fingerprint density at radius 1 is 0.272 bits per heavy atom. The van der Waals surface area contributed by atoms with Gasteiger partial charge in [0.2, 0.25) is 0 Å². The molecule has 0 aliphatic rings. The number of hydrogen-bond acceptors (Lipinski definition) is 14. The van der Waals surface area contributed by atoms with E-state index >= 15 is 0 Å². The molecule has 103 heavy (non-hydrogen) atoms. The minimum atomic E-state index is -4.95. The van der Waals surface area contributed by atoms with Crippen molar-refractivity contribution in [2.75, 3.05) is 39.6 Å². The summed E-state index contributed by atoms with van der Waals surface area (Å²) in [6.45, 7) is 2.30. The molecule has 0 rings (SSSR count). The van der Waals surface area contributed by atoms with E-state index in [-0.39, 0.29) is 19.3 Å². The predicted octanol–water partition coefficient (Wildman–Crippen LogP) is 23.2. The number of esters is 3. The van der Waals surface area contributed by atoms with E-state index in [9.17, 15) is 43.5 Å². The van der Waals surface area contributed by atoms with Crippen molar-refractivity contribution in [3.8, 4) is 0 Å². The molecule has 0 saturated carbocycles. The Kier molecular flexibility index (Phi) is 72.8. The highest BCUT2D eigenvalue weighted by Crippen LogP contribution is 2.45. The average Bonchev–Trinajstić information content (AvgIpc) is 0.914. The Morgan fingerprint density at radius 3 is 0.767 bits per heavy atom. The van der Waals surface area contributed by atoms with Gasteiger partial charge in [-0.05, 0) is 148 Å². The van der Waals surface area contributed by atoms with Gasteiger partial charge < -0.3 is 34.2 Å². The standard InChI is InChI=1S/C85H140O16P2/c1-4-7-10-13-16-19-22-25-28-31-33-35-36-37-38-39-40-41-42-44-46-48-50-53-56-59-62-65-68-71-83(88)95-74-80(86)75-97-102(91,92)98-76-81(87)77-99-103(93,94)100-79-82(101-85(90)73-70-67-64-61-58-55-52-47-30-27-24-21-18-15-12-9-6-3)78-96-84(89)72-69-66-63-60-57-54-51-49-45-43-34-32-29-26-23-20-17-14-11-8-5-2/h7-12,16-21,25-30,33-35,37-38,40-41,43,49,51,80-82,86-87H,4-6,13-15,22-24,31-32,36,39,42,44-48,50,52-79H2,1-3H3,(H,91,92)(H,93,94)/b10-7-,11-8-,12-9-,19-16-,20-17-,21-18-,28-25-,29-26-,30-27-,35-33-,38-37-,41-40-,43-34-,51-49-. The quantitative estimate of drug-likeness (QED) is 0.0146. The number of hydrogen-bond donors (Lipinski definition) is 4. The third-order valence-corrected chi connectivity index (χ3v) is 17.8. The topological polar surface area (TPSA) is 231 Å². The summed E-state index contributed by atoms with van der Waals surface area (Å²) in [5.41, 5.74) is 0. The first-order valence-electron chi connectivity index (χ1n) is 39.4. The Bertz CT molecular complexity index is 2550. The van der Waals surface area contributed by atoms with Gasteiger partial charge in [0.25, 0.3) is 0 Å². The molecule has 0 fully saturated rings. The van der Waals surface area contributed by atoms with Crippen molar-refractivity contribution in [3.63, 3.8) is 0 Å². The second kappa shape index (κ2) is 76.6. The number of unbranched alkanes of at least 4 members (excludes halogenated alkanes) is 22. The number of carbonyl (C=O) groups is 3. The van der Waals surface area contributed by atoms with Crippen LogP contribution < -0.4 is 0 Å². The maximum atomic E-state index is 13.0. The SMILES string of the molecule is CC/C=C\C/C=C\C/C=C\C/C=C\C/C=C\C/C=C\CCCCCCCCCCCCC(=O)OCC(O)COP(=O)(O)OCC(O)COP(=O)(O)OCC(COC(=O)CCCCCCC/C=C\C/C=C\C/C=C\C/C=C\C/C=C\CC)OC(=O)CCCCCCCCC/C=C\C/C=C\C/C=C\CC. The van der Waals surface area contributed by atoms with Crippen molar-refractivity contribution >= 4 is 33.6 Å². The number of aliphatic hydroxyl groups excluding tert-OH is 2. The third-order valence-electron chi connectivity index (χ3n) is 15.9. The van der Waals surface area contributed by atoms with E-state index in [0.29, 0.717) is 19.3 Å². The summed E-state index contributed by atoms with van der Waals surface area (Å²) in [7, 11) is -9.81. The van der Waals surface area contributed by atoms with Gasteiger partial charge in [-0.3, -0.25) is 32.5 Å². The Hall–Kier alpha value is -5.09. The molecule has 4 N–H and O–H groups in total. The summed E-state index contributed by atoms with van der Waals surface area (Å²) < 4.78 is 61.2. The van der Waals surface area contributed by atoms with Crippen LogP contribution in [0.2, 0.25) is 0 Å². The molecule has 0 aromatic heterocycles.